The fourth-order valence-electron chi connectivity index (χ4n) is 1.71. The smallest absolute Gasteiger partial charge is 0.408 e. The second-order valence-electron chi connectivity index (χ2n) is 5.78. The summed E-state index contributed by atoms with van der Waals surface area (Å²) in [7, 11) is 0. The molecule has 1 amide bonds. The molecule has 0 radical (unpaired) electrons. The number of alkyl carbamates (subject to hydrolysis) is 1. The van der Waals surface area contributed by atoms with E-state index in [-0.39, 0.29) is 12.0 Å². The first-order valence-electron chi connectivity index (χ1n) is 6.65. The Morgan fingerprint density at radius 2 is 2.04 bits per heavy atom. The quantitative estimate of drug-likeness (QED) is 0.632. The maximum Gasteiger partial charge on any atom is 0.408 e. The van der Waals surface area contributed by atoms with E-state index in [1.54, 1.807) is 20.8 Å². The highest BCUT2D eigenvalue weighted by atomic mass is 19.1. The number of ether oxygens (including phenoxy) is 1. The monoisotopic (exact) mass is 328 g/mol. The minimum absolute atomic E-state index is 0.191. The highest BCUT2D eigenvalue weighted by molar-refractivity contribution is 5.80. The summed E-state index contributed by atoms with van der Waals surface area (Å²) in [6, 6.07) is 1.68. The van der Waals surface area contributed by atoms with Crippen LogP contribution in [0, 0.1) is 15.9 Å². The first kappa shape index (κ1) is 18.3. The number of halogens is 1. The normalized spacial score (nSPS) is 12.3. The minimum Gasteiger partial charge on any atom is -0.480 e. The predicted molar refractivity (Wildman–Crippen MR) is 77.6 cm³/mol. The summed E-state index contributed by atoms with van der Waals surface area (Å²) in [6.07, 6.45) is -1.17. The van der Waals surface area contributed by atoms with E-state index in [1.807, 2.05) is 0 Å². The van der Waals surface area contributed by atoms with Crippen molar-refractivity contribution in [2.75, 3.05) is 0 Å². The van der Waals surface area contributed by atoms with Crippen LogP contribution in [0.3, 0.4) is 0 Å². The standard InChI is InChI=1S/C14H17FN2O6/c1-14(2,3)23-13(20)16-10(12(18)19)7-8-4-5-11(17(21)22)9(15)6-8/h4-6,10H,7H2,1-3H3,(H,16,20)(H,18,19)/t10-/m0/s1. The number of hydrogen-bond donors (Lipinski definition) is 2. The van der Waals surface area contributed by atoms with Crippen LogP contribution in [0.15, 0.2) is 18.2 Å². The van der Waals surface area contributed by atoms with Crippen LogP contribution in [-0.4, -0.2) is 33.7 Å². The molecule has 23 heavy (non-hydrogen) atoms. The fraction of sp³-hybridized carbons (Fsp3) is 0.429. The molecule has 1 atom stereocenters. The van der Waals surface area contributed by atoms with Gasteiger partial charge in [0.1, 0.15) is 11.6 Å². The summed E-state index contributed by atoms with van der Waals surface area (Å²) in [5, 5.41) is 21.8. The molecule has 0 aliphatic carbocycles. The Kier molecular flexibility index (Phi) is 5.61. The summed E-state index contributed by atoms with van der Waals surface area (Å²) in [4.78, 5) is 32.5. The molecule has 0 saturated carbocycles. The second kappa shape index (κ2) is 7.03. The number of amides is 1. The third-order valence-electron chi connectivity index (χ3n) is 2.64. The fourth-order valence-corrected chi connectivity index (χ4v) is 1.71. The molecular formula is C14H17FN2O6. The number of nitrogens with zero attached hydrogens (tertiary/aromatic N) is 1. The van der Waals surface area contributed by atoms with E-state index in [1.165, 1.54) is 6.07 Å². The summed E-state index contributed by atoms with van der Waals surface area (Å²) in [5.74, 6) is -2.41. The average molecular weight is 328 g/mol. The van der Waals surface area contributed by atoms with Gasteiger partial charge in [0.05, 0.1) is 4.92 Å². The van der Waals surface area contributed by atoms with Gasteiger partial charge in [0.15, 0.2) is 0 Å². The first-order valence-corrected chi connectivity index (χ1v) is 6.65. The van der Waals surface area contributed by atoms with E-state index in [0.29, 0.717) is 0 Å². The van der Waals surface area contributed by atoms with Crippen molar-refractivity contribution in [2.45, 2.75) is 38.8 Å². The molecular weight excluding hydrogens is 311 g/mol. The molecule has 8 nitrogen and oxygen atoms in total. The van der Waals surface area contributed by atoms with Crippen molar-refractivity contribution < 1.29 is 28.7 Å². The van der Waals surface area contributed by atoms with Gasteiger partial charge in [-0.25, -0.2) is 9.59 Å². The maximum atomic E-state index is 13.5. The van der Waals surface area contributed by atoms with Gasteiger partial charge < -0.3 is 15.2 Å². The molecule has 0 aliphatic heterocycles. The van der Waals surface area contributed by atoms with Crippen LogP contribution < -0.4 is 5.32 Å². The Bertz CT molecular complexity index is 626. The lowest BCUT2D eigenvalue weighted by Crippen LogP contribution is -2.44. The number of carboxylic acids is 1. The van der Waals surface area contributed by atoms with Gasteiger partial charge in [-0.2, -0.15) is 4.39 Å². The van der Waals surface area contributed by atoms with Gasteiger partial charge in [0.2, 0.25) is 5.82 Å². The van der Waals surface area contributed by atoms with Crippen LogP contribution >= 0.6 is 0 Å². The Balaban J connectivity index is 2.85. The molecule has 0 aliphatic rings. The van der Waals surface area contributed by atoms with E-state index in [2.05, 4.69) is 5.32 Å². The van der Waals surface area contributed by atoms with Gasteiger partial charge >= 0.3 is 17.7 Å². The Hall–Kier alpha value is -2.71. The van der Waals surface area contributed by atoms with E-state index < -0.39 is 40.1 Å². The lowest BCUT2D eigenvalue weighted by molar-refractivity contribution is -0.387. The van der Waals surface area contributed by atoms with Crippen LogP contribution in [0.5, 0.6) is 0 Å². The minimum atomic E-state index is -1.36. The largest absolute Gasteiger partial charge is 0.480 e. The van der Waals surface area contributed by atoms with Gasteiger partial charge in [-0.15, -0.1) is 0 Å². The molecule has 0 spiro atoms. The highest BCUT2D eigenvalue weighted by Gasteiger charge is 2.25. The first-order chi connectivity index (χ1) is 10.5. The molecule has 1 aromatic rings. The Morgan fingerprint density at radius 3 is 2.48 bits per heavy atom. The molecule has 0 unspecified atom stereocenters. The SMILES string of the molecule is CC(C)(C)OC(=O)N[C@@H](Cc1ccc([N+](=O)[O-])c(F)c1)C(=O)O. The summed E-state index contributed by atoms with van der Waals surface area (Å²) in [5.41, 5.74) is -1.32. The average Bonchev–Trinajstić information content (AvgIpc) is 2.35. The Morgan fingerprint density at radius 1 is 1.43 bits per heavy atom. The van der Waals surface area contributed by atoms with Crippen molar-refractivity contribution in [3.63, 3.8) is 0 Å². The number of hydrogen-bond acceptors (Lipinski definition) is 5. The maximum absolute atomic E-state index is 13.5. The van der Waals surface area contributed by atoms with Crippen molar-refractivity contribution >= 4 is 17.7 Å². The number of nitrogens with one attached hydrogen (secondary N) is 1. The molecule has 0 heterocycles. The number of carboxylic acid groups (broad SMARTS) is 1. The highest BCUT2D eigenvalue weighted by Crippen LogP contribution is 2.19. The van der Waals surface area contributed by atoms with E-state index in [4.69, 9.17) is 9.84 Å². The van der Waals surface area contributed by atoms with Crippen molar-refractivity contribution in [3.05, 3.63) is 39.7 Å². The van der Waals surface area contributed by atoms with Gasteiger partial charge in [0, 0.05) is 12.5 Å². The van der Waals surface area contributed by atoms with Crippen LogP contribution in [0.1, 0.15) is 26.3 Å². The van der Waals surface area contributed by atoms with Crippen molar-refractivity contribution in [1.82, 2.24) is 5.32 Å². The van der Waals surface area contributed by atoms with Gasteiger partial charge in [-0.05, 0) is 32.4 Å². The molecule has 0 fully saturated rings. The molecule has 0 aromatic heterocycles. The van der Waals surface area contributed by atoms with E-state index in [0.717, 1.165) is 12.1 Å². The summed E-state index contributed by atoms with van der Waals surface area (Å²) >= 11 is 0. The summed E-state index contributed by atoms with van der Waals surface area (Å²) < 4.78 is 18.5. The van der Waals surface area contributed by atoms with Crippen LogP contribution in [0.4, 0.5) is 14.9 Å². The lowest BCUT2D eigenvalue weighted by Gasteiger charge is -2.22. The van der Waals surface area contributed by atoms with Crippen LogP contribution in [-0.2, 0) is 16.0 Å². The van der Waals surface area contributed by atoms with Gasteiger partial charge in [-0.3, -0.25) is 10.1 Å². The van der Waals surface area contributed by atoms with E-state index >= 15 is 0 Å². The molecule has 0 saturated heterocycles. The van der Waals surface area contributed by atoms with E-state index in [9.17, 15) is 24.1 Å². The molecule has 126 valence electrons. The topological polar surface area (TPSA) is 119 Å². The van der Waals surface area contributed by atoms with Gasteiger partial charge in [-0.1, -0.05) is 6.07 Å². The molecule has 9 heteroatoms. The zero-order valence-electron chi connectivity index (χ0n) is 12.8. The van der Waals surface area contributed by atoms with Gasteiger partial charge in [0.25, 0.3) is 0 Å². The number of carbonyl (C=O) groups is 2. The number of rotatable bonds is 5. The molecule has 2 N–H and O–H groups in total. The van der Waals surface area contributed by atoms with Crippen molar-refractivity contribution in [3.8, 4) is 0 Å². The molecule has 1 aromatic carbocycles. The zero-order chi connectivity index (χ0) is 17.8. The number of benzene rings is 1. The third kappa shape index (κ3) is 5.89. The molecule has 0 bridgehead atoms. The summed E-state index contributed by atoms with van der Waals surface area (Å²) in [6.45, 7) is 4.86. The van der Waals surface area contributed by atoms with Crippen molar-refractivity contribution in [1.29, 1.82) is 0 Å². The zero-order valence-corrected chi connectivity index (χ0v) is 12.8. The number of nitro benzene ring substituents is 1. The Labute approximate surface area is 131 Å². The second-order valence-corrected chi connectivity index (χ2v) is 5.78. The third-order valence-corrected chi connectivity index (χ3v) is 2.64. The molecule has 1 rings (SSSR count). The van der Waals surface area contributed by atoms with Crippen LogP contribution in [0.2, 0.25) is 0 Å². The van der Waals surface area contributed by atoms with Crippen molar-refractivity contribution in [2.24, 2.45) is 0 Å². The predicted octanol–water partition coefficient (Wildman–Crippen LogP) is 2.25. The number of aliphatic carboxylic acids is 1. The van der Waals surface area contributed by atoms with Crippen LogP contribution in [0.25, 0.3) is 0 Å². The number of nitro groups is 1. The lowest BCUT2D eigenvalue weighted by atomic mass is 10.1. The number of carbonyl (C=O) groups excluding carboxylic acids is 1.